The number of alkyl halides is 3. The zero-order valence-corrected chi connectivity index (χ0v) is 40.9. The summed E-state index contributed by atoms with van der Waals surface area (Å²) < 4.78 is 56.4. The van der Waals surface area contributed by atoms with Gasteiger partial charge in [-0.2, -0.15) is 17.7 Å². The van der Waals surface area contributed by atoms with Crippen LogP contribution < -0.4 is 15.9 Å². The fraction of sp³-hybridized carbons (Fsp3) is 0.411. The highest BCUT2D eigenvalue weighted by molar-refractivity contribution is 6.05. The topological polar surface area (TPSA) is 139 Å². The summed E-state index contributed by atoms with van der Waals surface area (Å²) >= 11 is 0. The number of amides is 3. The summed E-state index contributed by atoms with van der Waals surface area (Å²) in [6.45, 7) is 4.33. The molecule has 0 radical (unpaired) electrons. The van der Waals surface area contributed by atoms with Gasteiger partial charge < -0.3 is 14.2 Å². The van der Waals surface area contributed by atoms with Crippen molar-refractivity contribution in [3.8, 4) is 5.69 Å². The van der Waals surface area contributed by atoms with Gasteiger partial charge in [-0.15, -0.1) is 10.2 Å². The summed E-state index contributed by atoms with van der Waals surface area (Å²) in [6, 6.07) is 23.2. The van der Waals surface area contributed by atoms with Gasteiger partial charge in [-0.1, -0.05) is 48.0 Å². The number of fused-ring (bicyclic) bond motifs is 2. The van der Waals surface area contributed by atoms with Gasteiger partial charge in [0, 0.05) is 69.8 Å². The molecule has 0 spiro atoms. The summed E-state index contributed by atoms with van der Waals surface area (Å²) in [5.74, 6) is -0.162. The lowest BCUT2D eigenvalue weighted by atomic mass is 9.86. The van der Waals surface area contributed by atoms with Crippen LogP contribution in [0.3, 0.4) is 0 Å². The minimum atomic E-state index is -4.67. The molecule has 378 valence electrons. The normalized spacial score (nSPS) is 20.2. The number of carbonyl (C=O) groups excluding carboxylic acids is 3. The lowest BCUT2D eigenvalue weighted by molar-refractivity contribution is -0.434. The van der Waals surface area contributed by atoms with E-state index < -0.39 is 23.3 Å². The number of allylic oxidation sites excluding steroid dienone is 2. The molecule has 3 aromatic carbocycles. The van der Waals surface area contributed by atoms with E-state index in [2.05, 4.69) is 61.7 Å². The Hall–Kier alpha value is -6.98. The first-order chi connectivity index (χ1) is 35.3. The van der Waals surface area contributed by atoms with E-state index in [0.717, 1.165) is 97.1 Å². The molecular weight excluding hydrogens is 936 g/mol. The lowest BCUT2D eigenvalue weighted by Gasteiger charge is -2.34. The van der Waals surface area contributed by atoms with Crippen molar-refractivity contribution in [3.05, 3.63) is 158 Å². The van der Waals surface area contributed by atoms with Crippen LogP contribution >= 0.6 is 0 Å². The van der Waals surface area contributed by atoms with Crippen LogP contribution in [-0.2, 0) is 53.7 Å². The highest BCUT2D eigenvalue weighted by atomic mass is 19.4. The number of benzene rings is 3. The highest BCUT2D eigenvalue weighted by Crippen LogP contribution is 2.36. The molecule has 14 nitrogen and oxygen atoms in total. The van der Waals surface area contributed by atoms with E-state index in [0.29, 0.717) is 55.4 Å². The van der Waals surface area contributed by atoms with E-state index in [1.54, 1.807) is 29.4 Å². The number of hydrogen-bond donors (Lipinski definition) is 1. The molecule has 3 saturated heterocycles. The van der Waals surface area contributed by atoms with Gasteiger partial charge in [0.2, 0.25) is 11.8 Å². The Morgan fingerprint density at radius 1 is 0.849 bits per heavy atom. The van der Waals surface area contributed by atoms with Crippen molar-refractivity contribution >= 4 is 35.1 Å². The van der Waals surface area contributed by atoms with Gasteiger partial charge in [-0.25, -0.2) is 9.59 Å². The van der Waals surface area contributed by atoms with Crippen molar-refractivity contribution in [1.82, 2.24) is 33.9 Å². The maximum atomic E-state index is 14.7. The first-order valence-corrected chi connectivity index (χ1v) is 25.6. The van der Waals surface area contributed by atoms with Gasteiger partial charge in [0.15, 0.2) is 12.8 Å². The number of nitrogens with zero attached hydrogens (tertiary/aromatic N) is 8. The van der Waals surface area contributed by atoms with Crippen molar-refractivity contribution in [2.75, 3.05) is 31.1 Å². The Labute approximate surface area is 420 Å². The molecule has 3 amide bonds. The molecule has 1 N–H and O–H groups in total. The summed E-state index contributed by atoms with van der Waals surface area (Å²) in [7, 11) is 1.88. The largest absolute Gasteiger partial charge is 0.419 e. The minimum absolute atomic E-state index is 0.0289. The fourth-order valence-corrected chi connectivity index (χ4v) is 11.2. The third-order valence-electron chi connectivity index (χ3n) is 15.6. The van der Waals surface area contributed by atoms with E-state index in [-0.39, 0.29) is 48.2 Å². The van der Waals surface area contributed by atoms with E-state index in [4.69, 9.17) is 4.74 Å². The maximum Gasteiger partial charge on any atom is 0.419 e. The molecule has 73 heavy (non-hydrogen) atoms. The molecule has 4 fully saturated rings. The van der Waals surface area contributed by atoms with Crippen LogP contribution in [-0.4, -0.2) is 89.4 Å². The number of aryl methyl sites for hydroxylation is 1. The molecule has 3 aromatic heterocycles. The average molecular weight is 995 g/mol. The lowest BCUT2D eigenvalue weighted by Crippen LogP contribution is -2.42. The minimum Gasteiger partial charge on any atom is -0.373 e. The average Bonchev–Trinajstić information content (AvgIpc) is 4.05. The molecule has 2 atom stereocenters. The predicted molar refractivity (Wildman–Crippen MR) is 268 cm³/mol. The molecular formula is C56H59F3N9O5+. The molecule has 1 aliphatic carbocycles. The first-order valence-electron chi connectivity index (χ1n) is 25.6. The summed E-state index contributed by atoms with van der Waals surface area (Å²) in [6.07, 6.45) is 12.1. The Kier molecular flexibility index (Phi) is 13.3. The molecule has 5 aliphatic rings. The van der Waals surface area contributed by atoms with Gasteiger partial charge in [0.05, 0.1) is 35.4 Å². The number of anilines is 1. The molecule has 7 heterocycles. The van der Waals surface area contributed by atoms with Crippen molar-refractivity contribution < 1.29 is 36.9 Å². The van der Waals surface area contributed by atoms with Crippen molar-refractivity contribution in [2.45, 2.75) is 102 Å². The van der Waals surface area contributed by atoms with Crippen LogP contribution in [0, 0.1) is 11.8 Å². The Morgan fingerprint density at radius 3 is 2.34 bits per heavy atom. The standard InChI is InChI=1S/C56H58F3N9O5/c1-63-35-60-62-52(63)48(25-36-4-2-5-36)41-6-3-7-45(27-41)67-33-50-49(56(57,58)59)26-40(30-68(50)55(67)72)29-64-20-18-46(19-21-64)73-34-39-10-8-37(9-11-39)24-38-16-22-65(23-17-38)44-13-14-47-43(28-44)32-66(54(47)71)31-42-12-15-51(69)61-53(42)70/h3,6-11,13-14,25-28,30-31,33,35,38,42,46,48H,2,4-5,12,15-24,29,32,34H2,1H3/p+1. The smallest absolute Gasteiger partial charge is 0.373 e. The van der Waals surface area contributed by atoms with Crippen LogP contribution in [0.15, 0.2) is 108 Å². The van der Waals surface area contributed by atoms with E-state index in [1.807, 2.05) is 41.9 Å². The molecule has 6 aromatic rings. The quantitative estimate of drug-likeness (QED) is 0.0695. The monoisotopic (exact) mass is 994 g/mol. The second-order valence-electron chi connectivity index (χ2n) is 20.6. The number of imide groups is 1. The van der Waals surface area contributed by atoms with Gasteiger partial charge in [0.25, 0.3) is 0 Å². The number of ether oxygens (including phenoxy) is 1. The van der Waals surface area contributed by atoms with Crippen molar-refractivity contribution in [1.29, 1.82) is 0 Å². The fourth-order valence-electron chi connectivity index (χ4n) is 11.2. The summed E-state index contributed by atoms with van der Waals surface area (Å²) in [5, 5.41) is 10.8. The Balaban J connectivity index is 0.663. The number of likely N-dealkylation sites (tertiary alicyclic amines) is 1. The highest BCUT2D eigenvalue weighted by Gasteiger charge is 2.38. The van der Waals surface area contributed by atoms with Crippen LogP contribution in [0.4, 0.5) is 18.9 Å². The van der Waals surface area contributed by atoms with Crippen LogP contribution in [0.2, 0.25) is 0 Å². The van der Waals surface area contributed by atoms with Gasteiger partial charge >= 0.3 is 17.8 Å². The molecule has 2 unspecified atom stereocenters. The van der Waals surface area contributed by atoms with E-state index in [1.165, 1.54) is 28.0 Å². The number of aromatic nitrogens is 5. The molecule has 11 rings (SSSR count). The molecule has 1 saturated carbocycles. The summed E-state index contributed by atoms with van der Waals surface area (Å²) in [5.41, 5.74) is 6.57. The molecule has 0 bridgehead atoms. The number of rotatable bonds is 13. The number of imidazole rings is 1. The molecule has 17 heteroatoms. The molecule has 4 aliphatic heterocycles. The third-order valence-corrected chi connectivity index (χ3v) is 15.6. The van der Waals surface area contributed by atoms with Gasteiger partial charge in [-0.3, -0.25) is 28.8 Å². The van der Waals surface area contributed by atoms with E-state index >= 15 is 0 Å². The van der Waals surface area contributed by atoms with Crippen LogP contribution in [0.25, 0.3) is 11.2 Å². The van der Waals surface area contributed by atoms with Crippen LogP contribution in [0.5, 0.6) is 0 Å². The van der Waals surface area contributed by atoms with Crippen molar-refractivity contribution in [3.63, 3.8) is 0 Å². The number of pyridine rings is 1. The van der Waals surface area contributed by atoms with Crippen molar-refractivity contribution in [2.24, 2.45) is 18.9 Å². The summed E-state index contributed by atoms with van der Waals surface area (Å²) in [4.78, 5) is 55.5. The Morgan fingerprint density at radius 2 is 1.63 bits per heavy atom. The zero-order chi connectivity index (χ0) is 50.4. The SMILES string of the molecule is Cn1cnnc1C(C=C1CCC1)c1cccc(-n2cc3c(C(F)(F)F)cc(CN4CCC(OCc5ccc(CC6CCN(c7ccc8c(c7)C[N+](=CC7CCC(=O)NC7=O)C8=O)CC6)cc5)CC4)cn3c2=O)c1. The second kappa shape index (κ2) is 20.1. The maximum absolute atomic E-state index is 14.7. The number of nitrogens with one attached hydrogen (secondary N) is 1. The van der Waals surface area contributed by atoms with E-state index in [9.17, 15) is 32.3 Å². The van der Waals surface area contributed by atoms with Gasteiger partial charge in [0.1, 0.15) is 23.6 Å². The first kappa shape index (κ1) is 48.3. The second-order valence-corrected chi connectivity index (χ2v) is 20.6. The predicted octanol–water partition coefficient (Wildman–Crippen LogP) is 7.91. The Bertz CT molecular complexity index is 3200. The van der Waals surface area contributed by atoms with Gasteiger partial charge in [-0.05, 0) is 122 Å². The number of hydrogen-bond acceptors (Lipinski definition) is 9. The zero-order valence-electron chi connectivity index (χ0n) is 40.9. The number of halogens is 3. The number of piperidine rings is 3. The third kappa shape index (κ3) is 10.3. The number of carbonyl (C=O) groups is 3. The van der Waals surface area contributed by atoms with Crippen LogP contribution in [0.1, 0.15) is 113 Å².